The van der Waals surface area contributed by atoms with Gasteiger partial charge in [0.15, 0.2) is 5.75 Å². The molecule has 4 heterocycles. The highest BCUT2D eigenvalue weighted by atomic mass is 35.5. The summed E-state index contributed by atoms with van der Waals surface area (Å²) in [6.45, 7) is -2.96. The number of carbonyl (C=O) groups excluding carboxylic acids is 1. The molecule has 0 radical (unpaired) electrons. The van der Waals surface area contributed by atoms with Crippen LogP contribution in [0.1, 0.15) is 28.2 Å². The van der Waals surface area contributed by atoms with E-state index in [1.165, 1.54) is 24.0 Å². The van der Waals surface area contributed by atoms with Crippen LogP contribution in [0.3, 0.4) is 0 Å². The summed E-state index contributed by atoms with van der Waals surface area (Å²) in [5, 5.41) is 22.1. The van der Waals surface area contributed by atoms with Crippen LogP contribution in [0.15, 0.2) is 23.1 Å². The van der Waals surface area contributed by atoms with Crippen LogP contribution in [0.2, 0.25) is 0 Å². The third-order valence-electron chi connectivity index (χ3n) is 7.24. The van der Waals surface area contributed by atoms with Crippen LogP contribution in [0.25, 0.3) is 33.3 Å². The Hall–Kier alpha value is -4.75. The van der Waals surface area contributed by atoms with Crippen LogP contribution < -0.4 is 24.7 Å². The number of benzene rings is 1. The van der Waals surface area contributed by atoms with Crippen molar-refractivity contribution < 1.29 is 31.2 Å². The van der Waals surface area contributed by atoms with Gasteiger partial charge < -0.3 is 14.8 Å². The average molecular weight is 632 g/mol. The second-order valence-electron chi connectivity index (χ2n) is 10.0. The lowest BCUT2D eigenvalue weighted by molar-refractivity contribution is 0.177. The number of H-pyrrole nitrogens is 1. The van der Waals surface area contributed by atoms with Crippen molar-refractivity contribution in [2.45, 2.75) is 24.3 Å². The molecule has 2 N–H and O–H groups in total. The molecule has 43 heavy (non-hydrogen) atoms. The maximum Gasteiger partial charge on any atom is 0.413 e. The Morgan fingerprint density at radius 3 is 2.84 bits per heavy atom. The van der Waals surface area contributed by atoms with E-state index in [-0.39, 0.29) is 68.4 Å². The van der Waals surface area contributed by atoms with Crippen molar-refractivity contribution in [2.75, 3.05) is 24.1 Å². The van der Waals surface area contributed by atoms with Gasteiger partial charge in [0, 0.05) is 35.2 Å². The summed E-state index contributed by atoms with van der Waals surface area (Å²) in [7, 11) is -2.41. The minimum absolute atomic E-state index is 0.00302. The lowest BCUT2D eigenvalue weighted by Gasteiger charge is -2.36. The van der Waals surface area contributed by atoms with Crippen LogP contribution >= 0.6 is 11.6 Å². The number of carbonyl (C=O) groups is 1. The summed E-state index contributed by atoms with van der Waals surface area (Å²) >= 11 is 6.07. The molecule has 3 aromatic heterocycles. The van der Waals surface area contributed by atoms with Gasteiger partial charge >= 0.3 is 6.09 Å². The van der Waals surface area contributed by atoms with Gasteiger partial charge in [0.05, 0.1) is 53.2 Å². The molecule has 2 aliphatic rings. The number of pyridine rings is 1. The largest absolute Gasteiger partial charge is 0.482 e. The van der Waals surface area contributed by atoms with E-state index in [1.807, 2.05) is 6.07 Å². The summed E-state index contributed by atoms with van der Waals surface area (Å²) in [5.74, 6) is -1.92. The Morgan fingerprint density at radius 1 is 1.42 bits per heavy atom. The van der Waals surface area contributed by atoms with Crippen molar-refractivity contribution >= 4 is 44.2 Å². The molecule has 6 rings (SSSR count). The van der Waals surface area contributed by atoms with E-state index in [2.05, 4.69) is 20.3 Å². The van der Waals surface area contributed by atoms with Crippen LogP contribution in [-0.4, -0.2) is 64.9 Å². The Balaban J connectivity index is 1.59. The Bertz CT molecular complexity index is 2180. The molecule has 0 atom stereocenters. The molecule has 4 aromatic rings. The third-order valence-corrected chi connectivity index (χ3v) is 8.62. The third kappa shape index (κ3) is 4.61. The van der Waals surface area contributed by atoms with Gasteiger partial charge in [-0.05, 0) is 18.9 Å². The lowest BCUT2D eigenvalue weighted by Crippen LogP contribution is -2.45. The number of aromatic amines is 1. The number of halogens is 2. The molecular weight excluding hydrogens is 607 g/mol. The highest BCUT2D eigenvalue weighted by molar-refractivity contribution is 7.92. The molecule has 222 valence electrons. The fraction of sp³-hybridized carbons (Fsp3) is 0.308. The minimum Gasteiger partial charge on any atom is -0.482 e. The van der Waals surface area contributed by atoms with Crippen molar-refractivity contribution in [2.24, 2.45) is 7.05 Å². The molecule has 17 heteroatoms. The summed E-state index contributed by atoms with van der Waals surface area (Å²) < 4.78 is 77.0. The molecule has 14 nitrogen and oxygen atoms in total. The fourth-order valence-electron chi connectivity index (χ4n) is 5.09. The van der Waals surface area contributed by atoms with E-state index in [9.17, 15) is 23.3 Å². The normalized spacial score (nSPS) is 16.4. The molecule has 1 aliphatic carbocycles. The number of hydrogen-bond donors (Lipinski definition) is 2. The first-order chi connectivity index (χ1) is 21.6. The Labute approximate surface area is 252 Å². The van der Waals surface area contributed by atoms with Gasteiger partial charge in [0.2, 0.25) is 15.9 Å². The van der Waals surface area contributed by atoms with Gasteiger partial charge in [0.1, 0.15) is 28.4 Å². The predicted octanol–water partition coefficient (Wildman–Crippen LogP) is 2.54. The molecule has 1 fully saturated rings. The van der Waals surface area contributed by atoms with E-state index >= 15 is 4.39 Å². The molecular formula is C26H22ClFN8O6S. The first-order valence-corrected chi connectivity index (χ1v) is 14.9. The highest BCUT2D eigenvalue weighted by Gasteiger charge is 2.53. The van der Waals surface area contributed by atoms with Gasteiger partial charge in [-0.25, -0.2) is 27.7 Å². The Morgan fingerprint density at radius 2 is 2.19 bits per heavy atom. The SMILES string of the molecule is [2H]C([2H])([2H])NC(=O)Oc1nc(-c2cnn(C)c2-c2c(F)cc3c(c2C#N)OC2(CC2)CN3S(C)(=O)=O)cc2c(CCl)n[nH]c(=O)c12. The number of nitrogens with one attached hydrogen (secondary N) is 2. The number of nitrogens with zero attached hydrogens (tertiary/aromatic N) is 6. The lowest BCUT2D eigenvalue weighted by atomic mass is 9.96. The quantitative estimate of drug-likeness (QED) is 0.310. The molecule has 1 amide bonds. The van der Waals surface area contributed by atoms with Gasteiger partial charge in [0.25, 0.3) is 5.56 Å². The molecule has 1 spiro atoms. The van der Waals surface area contributed by atoms with E-state index in [0.717, 1.165) is 16.6 Å². The van der Waals surface area contributed by atoms with Crippen molar-refractivity contribution in [3.63, 3.8) is 0 Å². The predicted molar refractivity (Wildman–Crippen MR) is 152 cm³/mol. The zero-order valence-corrected chi connectivity index (χ0v) is 23.9. The van der Waals surface area contributed by atoms with E-state index < -0.39 is 45.9 Å². The number of aromatic nitrogens is 5. The molecule has 1 aromatic carbocycles. The molecule has 0 saturated heterocycles. The van der Waals surface area contributed by atoms with Gasteiger partial charge in [-0.3, -0.25) is 13.8 Å². The van der Waals surface area contributed by atoms with Crippen LogP contribution in [0, 0.1) is 17.1 Å². The number of amides is 1. The molecule has 0 bridgehead atoms. The van der Waals surface area contributed by atoms with E-state index in [4.69, 9.17) is 25.2 Å². The maximum atomic E-state index is 16.2. The van der Waals surface area contributed by atoms with Gasteiger partial charge in [-0.1, -0.05) is 0 Å². The monoisotopic (exact) mass is 631 g/mol. The number of ether oxygens (including phenoxy) is 2. The number of fused-ring (bicyclic) bond motifs is 2. The van der Waals surface area contributed by atoms with Gasteiger partial charge in [-0.15, -0.1) is 11.6 Å². The number of aryl methyl sites for hydroxylation is 1. The molecule has 1 aliphatic heterocycles. The standard InChI is InChI=1S/C26H22ClFN8O6S/c1-30-25(38)41-24-20-12(17(8-27)33-34-23(20)37)6-16(32-24)14-10-31-35(2)21(14)19-13(9-29)22-18(7-15(19)28)36(43(3,39)40)11-26(42-22)4-5-26/h6-7,10H,4-5,8,11H2,1-3H3,(H,30,38)(H,34,37)/i1D3. The van der Waals surface area contributed by atoms with Crippen molar-refractivity contribution in [3.8, 4) is 40.2 Å². The molecule has 1 saturated carbocycles. The second-order valence-corrected chi connectivity index (χ2v) is 12.2. The number of anilines is 1. The number of rotatable bonds is 5. The summed E-state index contributed by atoms with van der Waals surface area (Å²) in [4.78, 5) is 29.5. The molecule has 0 unspecified atom stereocenters. The van der Waals surface area contributed by atoms with Crippen LogP contribution in [-0.2, 0) is 23.0 Å². The number of nitriles is 1. The van der Waals surface area contributed by atoms with Crippen molar-refractivity contribution in [1.82, 2.24) is 30.3 Å². The van der Waals surface area contributed by atoms with Crippen LogP contribution in [0.5, 0.6) is 11.6 Å². The average Bonchev–Trinajstić information content (AvgIpc) is 3.60. The number of alkyl halides is 1. The summed E-state index contributed by atoms with van der Waals surface area (Å²) in [6.07, 6.45) is 1.87. The first-order valence-electron chi connectivity index (χ1n) is 14.0. The number of hydrogen-bond acceptors (Lipinski definition) is 10. The Kier molecular flexibility index (Phi) is 5.72. The minimum atomic E-state index is -3.87. The van der Waals surface area contributed by atoms with E-state index in [1.54, 1.807) is 5.32 Å². The van der Waals surface area contributed by atoms with Crippen LogP contribution in [0.4, 0.5) is 14.9 Å². The first kappa shape index (κ1) is 24.8. The summed E-state index contributed by atoms with van der Waals surface area (Å²) in [5.41, 5.74) is -2.24. The topological polar surface area (TPSA) is 185 Å². The van der Waals surface area contributed by atoms with E-state index in [0.29, 0.717) is 12.8 Å². The maximum absolute atomic E-state index is 16.2. The number of sulfonamides is 1. The smallest absolute Gasteiger partial charge is 0.413 e. The van der Waals surface area contributed by atoms with Crippen molar-refractivity contribution in [1.29, 1.82) is 5.26 Å². The van der Waals surface area contributed by atoms with Crippen molar-refractivity contribution in [3.05, 3.63) is 45.8 Å². The highest BCUT2D eigenvalue weighted by Crippen LogP contribution is 2.53. The second kappa shape index (κ2) is 9.92. The zero-order chi connectivity index (χ0) is 33.3. The summed E-state index contributed by atoms with van der Waals surface area (Å²) in [6, 6.07) is 4.30. The van der Waals surface area contributed by atoms with Gasteiger partial charge in [-0.2, -0.15) is 15.5 Å². The fourth-order valence-corrected chi connectivity index (χ4v) is 6.25. The zero-order valence-electron chi connectivity index (χ0n) is 25.4.